The van der Waals surface area contributed by atoms with Gasteiger partial charge in [0.15, 0.2) is 0 Å². The van der Waals surface area contributed by atoms with Crippen LogP contribution in [0.4, 0.5) is 5.95 Å². The molecule has 3 rings (SSSR count). The van der Waals surface area contributed by atoms with Crippen molar-refractivity contribution in [3.05, 3.63) is 47.8 Å². The first-order chi connectivity index (χ1) is 11.1. The number of nitrogens with zero attached hydrogens (tertiary/aromatic N) is 2. The van der Waals surface area contributed by atoms with Crippen molar-refractivity contribution in [2.75, 3.05) is 12.8 Å². The number of nitrogen functional groups attached to an aromatic ring is 1. The molecule has 0 aliphatic carbocycles. The fraction of sp³-hybridized carbons (Fsp3) is 0.188. The lowest BCUT2D eigenvalue weighted by Gasteiger charge is -2.14. The highest BCUT2D eigenvalue weighted by molar-refractivity contribution is 6.08. The molecule has 7 heteroatoms. The minimum atomic E-state index is -0.340. The molecule has 0 aliphatic heterocycles. The Morgan fingerprint density at radius 1 is 1.26 bits per heavy atom. The first-order valence-electron chi connectivity index (χ1n) is 7.14. The summed E-state index contributed by atoms with van der Waals surface area (Å²) in [6.45, 7) is 1.81. The summed E-state index contributed by atoms with van der Waals surface area (Å²) < 4.78 is 5.35. The second-order valence-corrected chi connectivity index (χ2v) is 5.13. The zero-order valence-electron chi connectivity index (χ0n) is 12.8. The van der Waals surface area contributed by atoms with Crippen LogP contribution < -0.4 is 15.8 Å². The fourth-order valence-electron chi connectivity index (χ4n) is 2.47. The van der Waals surface area contributed by atoms with Gasteiger partial charge in [0, 0.05) is 10.9 Å². The van der Waals surface area contributed by atoms with Gasteiger partial charge < -0.3 is 15.8 Å². The van der Waals surface area contributed by atoms with E-state index in [4.69, 9.17) is 10.5 Å². The molecule has 0 fully saturated rings. The number of carbonyl (C=O) groups is 1. The van der Waals surface area contributed by atoms with Crippen LogP contribution >= 0.6 is 0 Å². The van der Waals surface area contributed by atoms with Gasteiger partial charge in [0.2, 0.25) is 5.95 Å². The minimum absolute atomic E-state index is 0.149. The quantitative estimate of drug-likeness (QED) is 0.683. The Hall–Kier alpha value is -3.09. The van der Waals surface area contributed by atoms with E-state index >= 15 is 0 Å². The number of amides is 1. The number of hydrogen-bond donors (Lipinski definition) is 3. The average molecular weight is 311 g/mol. The van der Waals surface area contributed by atoms with Crippen molar-refractivity contribution in [1.29, 1.82) is 0 Å². The Kier molecular flexibility index (Phi) is 3.84. The van der Waals surface area contributed by atoms with Crippen LogP contribution in [0.25, 0.3) is 10.8 Å². The Balaban J connectivity index is 1.92. The lowest BCUT2D eigenvalue weighted by atomic mass is 10.0. The second-order valence-electron chi connectivity index (χ2n) is 5.13. The molecular weight excluding hydrogens is 294 g/mol. The summed E-state index contributed by atoms with van der Waals surface area (Å²) in [5.74, 6) is 1.18. The van der Waals surface area contributed by atoms with Crippen LogP contribution in [-0.2, 0) is 0 Å². The highest BCUT2D eigenvalue weighted by Crippen LogP contribution is 2.28. The van der Waals surface area contributed by atoms with Gasteiger partial charge in [-0.05, 0) is 24.4 Å². The summed E-state index contributed by atoms with van der Waals surface area (Å²) in [5.41, 5.74) is 6.05. The lowest BCUT2D eigenvalue weighted by Crippen LogP contribution is -2.27. The third kappa shape index (κ3) is 2.80. The number of H-pyrrole nitrogens is 1. The van der Waals surface area contributed by atoms with Crippen LogP contribution in [0, 0.1) is 0 Å². The van der Waals surface area contributed by atoms with Gasteiger partial charge in [0.05, 0.1) is 13.2 Å². The van der Waals surface area contributed by atoms with Gasteiger partial charge in [0.1, 0.15) is 11.6 Å². The number of methoxy groups -OCH3 is 1. The van der Waals surface area contributed by atoms with Crippen LogP contribution in [0.5, 0.6) is 5.75 Å². The molecule has 1 aromatic heterocycles. The fourth-order valence-corrected chi connectivity index (χ4v) is 2.47. The number of hydrogen-bond acceptors (Lipinski definition) is 5. The first-order valence-corrected chi connectivity index (χ1v) is 7.14. The topological polar surface area (TPSA) is 106 Å². The van der Waals surface area contributed by atoms with E-state index in [-0.39, 0.29) is 17.9 Å². The lowest BCUT2D eigenvalue weighted by molar-refractivity contribution is 0.0940. The van der Waals surface area contributed by atoms with E-state index in [1.807, 2.05) is 31.2 Å². The second kappa shape index (κ2) is 5.96. The number of fused-ring (bicyclic) bond motifs is 1. The van der Waals surface area contributed by atoms with E-state index in [0.29, 0.717) is 11.4 Å². The highest BCUT2D eigenvalue weighted by Gasteiger charge is 2.17. The summed E-state index contributed by atoms with van der Waals surface area (Å²) in [6.07, 6.45) is 0. The molecule has 0 saturated heterocycles. The zero-order chi connectivity index (χ0) is 16.4. The van der Waals surface area contributed by atoms with Gasteiger partial charge >= 0.3 is 0 Å². The molecule has 1 amide bonds. The average Bonchev–Trinajstić information content (AvgIpc) is 3.00. The molecule has 2 aromatic carbocycles. The standard InChI is InChI=1S/C16H17N5O2/c1-9(14-19-16(17)21-20-14)18-15(22)12-7-8-13(23-2)11-6-4-3-5-10(11)12/h3-9H,1-2H3,(H,18,22)(H3,17,19,20,21)/t9-/m1/s1. The summed E-state index contributed by atoms with van der Waals surface area (Å²) in [5, 5.41) is 11.1. The van der Waals surface area contributed by atoms with E-state index in [9.17, 15) is 4.79 Å². The van der Waals surface area contributed by atoms with E-state index in [2.05, 4.69) is 20.5 Å². The number of carbonyl (C=O) groups excluding carboxylic acids is 1. The van der Waals surface area contributed by atoms with Gasteiger partial charge in [-0.15, -0.1) is 5.10 Å². The van der Waals surface area contributed by atoms with Gasteiger partial charge in [-0.1, -0.05) is 24.3 Å². The number of anilines is 1. The van der Waals surface area contributed by atoms with Crippen LogP contribution in [-0.4, -0.2) is 28.2 Å². The maximum atomic E-state index is 12.6. The van der Waals surface area contributed by atoms with E-state index in [1.54, 1.807) is 19.2 Å². The number of benzene rings is 2. The van der Waals surface area contributed by atoms with Gasteiger partial charge in [-0.2, -0.15) is 4.98 Å². The molecule has 7 nitrogen and oxygen atoms in total. The van der Waals surface area contributed by atoms with Crippen molar-refractivity contribution in [1.82, 2.24) is 20.5 Å². The molecule has 118 valence electrons. The zero-order valence-corrected chi connectivity index (χ0v) is 12.8. The van der Waals surface area contributed by atoms with Crippen molar-refractivity contribution in [3.8, 4) is 5.75 Å². The molecule has 0 spiro atoms. The van der Waals surface area contributed by atoms with E-state index < -0.39 is 0 Å². The molecule has 0 radical (unpaired) electrons. The third-order valence-electron chi connectivity index (χ3n) is 3.63. The maximum absolute atomic E-state index is 12.6. The predicted octanol–water partition coefficient (Wildman–Crippen LogP) is 2.04. The van der Waals surface area contributed by atoms with Crippen molar-refractivity contribution in [2.24, 2.45) is 0 Å². The Morgan fingerprint density at radius 2 is 2.00 bits per heavy atom. The third-order valence-corrected chi connectivity index (χ3v) is 3.63. The summed E-state index contributed by atoms with van der Waals surface area (Å²) in [4.78, 5) is 16.6. The number of aromatic nitrogens is 3. The van der Waals surface area contributed by atoms with Crippen LogP contribution in [0.15, 0.2) is 36.4 Å². The Morgan fingerprint density at radius 3 is 2.65 bits per heavy atom. The van der Waals surface area contributed by atoms with Gasteiger partial charge in [0.25, 0.3) is 5.91 Å². The number of nitrogens with one attached hydrogen (secondary N) is 2. The molecule has 3 aromatic rings. The molecule has 1 heterocycles. The van der Waals surface area contributed by atoms with Gasteiger partial charge in [-0.25, -0.2) is 0 Å². The smallest absolute Gasteiger partial charge is 0.252 e. The molecule has 1 atom stereocenters. The monoisotopic (exact) mass is 311 g/mol. The van der Waals surface area contributed by atoms with Crippen molar-refractivity contribution >= 4 is 22.6 Å². The molecule has 0 bridgehead atoms. The van der Waals surface area contributed by atoms with Crippen molar-refractivity contribution in [3.63, 3.8) is 0 Å². The molecule has 23 heavy (non-hydrogen) atoms. The number of ether oxygens (including phenoxy) is 1. The SMILES string of the molecule is COc1ccc(C(=O)N[C@H](C)c2nc(N)n[nH]2)c2ccccc12. The largest absolute Gasteiger partial charge is 0.496 e. The summed E-state index contributed by atoms with van der Waals surface area (Å²) in [7, 11) is 1.61. The Bertz CT molecular complexity index is 859. The Labute approximate surface area is 132 Å². The maximum Gasteiger partial charge on any atom is 0.252 e. The summed E-state index contributed by atoms with van der Waals surface area (Å²) in [6, 6.07) is 10.8. The van der Waals surface area contributed by atoms with Crippen LogP contribution in [0.2, 0.25) is 0 Å². The number of aromatic amines is 1. The van der Waals surface area contributed by atoms with E-state index in [0.717, 1.165) is 16.5 Å². The van der Waals surface area contributed by atoms with E-state index in [1.165, 1.54) is 0 Å². The minimum Gasteiger partial charge on any atom is -0.496 e. The molecular formula is C16H17N5O2. The highest BCUT2D eigenvalue weighted by atomic mass is 16.5. The number of rotatable bonds is 4. The van der Waals surface area contributed by atoms with Crippen LogP contribution in [0.1, 0.15) is 29.1 Å². The predicted molar refractivity (Wildman–Crippen MR) is 87.2 cm³/mol. The van der Waals surface area contributed by atoms with Crippen molar-refractivity contribution < 1.29 is 9.53 Å². The number of nitrogens with two attached hydrogens (primary N) is 1. The van der Waals surface area contributed by atoms with Crippen LogP contribution in [0.3, 0.4) is 0 Å². The van der Waals surface area contributed by atoms with Crippen molar-refractivity contribution in [2.45, 2.75) is 13.0 Å². The molecule has 0 saturated carbocycles. The molecule has 4 N–H and O–H groups in total. The normalized spacial score (nSPS) is 12.1. The molecule has 0 aliphatic rings. The first kappa shape index (κ1) is 14.8. The van der Waals surface area contributed by atoms with Gasteiger partial charge in [-0.3, -0.25) is 9.89 Å². The molecule has 0 unspecified atom stereocenters. The summed E-state index contributed by atoms with van der Waals surface area (Å²) >= 11 is 0.